The summed E-state index contributed by atoms with van der Waals surface area (Å²) in [6.07, 6.45) is 1.44. The van der Waals surface area contributed by atoms with E-state index >= 15 is 0 Å². The molecule has 31 heavy (non-hydrogen) atoms. The van der Waals surface area contributed by atoms with E-state index in [2.05, 4.69) is 20.4 Å². The number of ether oxygens (including phenoxy) is 1. The van der Waals surface area contributed by atoms with Crippen molar-refractivity contribution < 1.29 is 4.74 Å². The third kappa shape index (κ3) is 3.53. The molecule has 5 rings (SSSR count). The first-order valence-electron chi connectivity index (χ1n) is 9.35. The molecule has 1 N–H and O–H groups in total. The van der Waals surface area contributed by atoms with E-state index in [0.717, 1.165) is 16.7 Å². The minimum absolute atomic E-state index is 0.272. The summed E-state index contributed by atoms with van der Waals surface area (Å²) in [6, 6.07) is 17.8. The van der Waals surface area contributed by atoms with Crippen LogP contribution in [0.5, 0.6) is 5.75 Å². The van der Waals surface area contributed by atoms with Crippen molar-refractivity contribution in [1.29, 1.82) is 0 Å². The second-order valence-corrected chi connectivity index (χ2v) is 7.11. The van der Waals surface area contributed by atoms with Crippen LogP contribution in [0.4, 0.5) is 11.6 Å². The highest BCUT2D eigenvalue weighted by molar-refractivity contribution is 6.31. The van der Waals surface area contributed by atoms with E-state index in [9.17, 15) is 4.79 Å². The highest BCUT2D eigenvalue weighted by Gasteiger charge is 2.16. The molecule has 0 amide bonds. The number of halogens is 1. The van der Waals surface area contributed by atoms with Crippen LogP contribution in [0.2, 0.25) is 5.02 Å². The summed E-state index contributed by atoms with van der Waals surface area (Å²) in [5, 5.41) is 8.98. The van der Waals surface area contributed by atoms with Crippen LogP contribution in [0.3, 0.4) is 0 Å². The van der Waals surface area contributed by atoms with E-state index < -0.39 is 5.56 Å². The van der Waals surface area contributed by atoms with Crippen LogP contribution < -0.4 is 15.6 Å². The van der Waals surface area contributed by atoms with Gasteiger partial charge in [0.05, 0.1) is 12.6 Å². The molecule has 0 atom stereocenters. The molecular weight excluding hydrogens is 416 g/mol. The van der Waals surface area contributed by atoms with Crippen LogP contribution in [0.25, 0.3) is 27.9 Å². The second-order valence-electron chi connectivity index (χ2n) is 6.67. The minimum Gasteiger partial charge on any atom is -0.497 e. The average molecular weight is 431 g/mol. The van der Waals surface area contributed by atoms with Gasteiger partial charge in [-0.25, -0.2) is 15.0 Å². The molecule has 0 radical (unpaired) electrons. The van der Waals surface area contributed by atoms with E-state index in [4.69, 9.17) is 21.3 Å². The summed E-state index contributed by atoms with van der Waals surface area (Å²) in [7, 11) is 1.61. The van der Waals surface area contributed by atoms with Gasteiger partial charge in [0.15, 0.2) is 11.5 Å². The van der Waals surface area contributed by atoms with E-state index in [-0.39, 0.29) is 5.69 Å². The van der Waals surface area contributed by atoms with Crippen LogP contribution in [-0.2, 0) is 0 Å². The number of fused-ring (bicyclic) bond motifs is 3. The van der Waals surface area contributed by atoms with E-state index in [0.29, 0.717) is 28.0 Å². The molecule has 8 nitrogen and oxygen atoms in total. The molecule has 0 unspecified atom stereocenters. The molecule has 0 aliphatic rings. The van der Waals surface area contributed by atoms with Crippen LogP contribution >= 0.6 is 11.6 Å². The van der Waals surface area contributed by atoms with Crippen molar-refractivity contribution >= 4 is 39.8 Å². The van der Waals surface area contributed by atoms with Crippen molar-refractivity contribution in [1.82, 2.24) is 24.6 Å². The molecule has 5 aromatic rings. The molecule has 0 bridgehead atoms. The molecule has 9 heteroatoms. The second kappa shape index (κ2) is 7.66. The fourth-order valence-corrected chi connectivity index (χ4v) is 3.36. The molecular formula is C22H15ClN6O2. The zero-order chi connectivity index (χ0) is 21.4. The Labute approximate surface area is 181 Å². The lowest BCUT2D eigenvalue weighted by atomic mass is 10.2. The number of nitrogens with one attached hydrogen (secondary N) is 1. The molecule has 0 saturated heterocycles. The number of nitrogens with zero attached hydrogens (tertiary/aromatic N) is 5. The number of anilines is 2. The van der Waals surface area contributed by atoms with E-state index in [1.807, 2.05) is 24.3 Å². The number of benzene rings is 2. The molecule has 3 aromatic heterocycles. The summed E-state index contributed by atoms with van der Waals surface area (Å²) in [4.78, 5) is 25.5. The number of hydrogen-bond donors (Lipinski definition) is 1. The minimum atomic E-state index is -0.411. The monoisotopic (exact) mass is 430 g/mol. The maximum absolute atomic E-state index is 12.3. The fraction of sp³-hybridized carbons (Fsp3) is 0.0455. The van der Waals surface area contributed by atoms with Crippen molar-refractivity contribution in [3.8, 4) is 17.1 Å². The Morgan fingerprint density at radius 3 is 2.68 bits per heavy atom. The van der Waals surface area contributed by atoms with Gasteiger partial charge in [-0.1, -0.05) is 17.7 Å². The van der Waals surface area contributed by atoms with Gasteiger partial charge >= 0.3 is 0 Å². The van der Waals surface area contributed by atoms with Gasteiger partial charge in [-0.15, -0.1) is 5.10 Å². The summed E-state index contributed by atoms with van der Waals surface area (Å²) in [5.74, 6) is 1.57. The Balaban J connectivity index is 1.74. The Kier molecular flexibility index (Phi) is 4.68. The number of rotatable bonds is 4. The zero-order valence-electron chi connectivity index (χ0n) is 16.3. The summed E-state index contributed by atoms with van der Waals surface area (Å²) < 4.78 is 6.78. The summed E-state index contributed by atoms with van der Waals surface area (Å²) in [6.45, 7) is 0. The summed E-state index contributed by atoms with van der Waals surface area (Å²) in [5.41, 5.74) is 1.89. The van der Waals surface area contributed by atoms with Crippen LogP contribution in [0.15, 0.2) is 71.7 Å². The highest BCUT2D eigenvalue weighted by atomic mass is 35.5. The molecule has 2 aromatic carbocycles. The Bertz CT molecular complexity index is 1480. The maximum Gasteiger partial charge on any atom is 0.293 e. The standard InChI is InChI=1S/C22H15ClN6O2/c1-31-15-8-5-13(6-9-15)19-27-20-16-12-14(23)7-10-17(16)25-22(29(20)28-19)26-18-4-2-3-11-24-21(18)30/h2-12H,1H3,(H,24,25,26,30). The molecule has 3 heterocycles. The Hall–Kier alpha value is -4.04. The van der Waals surface area contributed by atoms with Crippen LogP contribution in [0.1, 0.15) is 0 Å². The van der Waals surface area contributed by atoms with Crippen molar-refractivity contribution in [2.24, 2.45) is 0 Å². The summed E-state index contributed by atoms with van der Waals surface area (Å²) >= 11 is 6.22. The third-order valence-corrected chi connectivity index (χ3v) is 4.95. The average Bonchev–Trinajstić information content (AvgIpc) is 3.14. The van der Waals surface area contributed by atoms with Gasteiger partial charge in [-0.2, -0.15) is 4.52 Å². The number of methoxy groups -OCH3 is 1. The van der Waals surface area contributed by atoms with Crippen molar-refractivity contribution in [3.05, 3.63) is 82.2 Å². The lowest BCUT2D eigenvalue weighted by molar-refractivity contribution is 0.415. The molecule has 0 aliphatic carbocycles. The normalized spacial score (nSPS) is 11.0. The molecule has 0 spiro atoms. The first kappa shape index (κ1) is 19.0. The maximum atomic E-state index is 12.3. The molecule has 152 valence electrons. The predicted octanol–water partition coefficient (Wildman–Crippen LogP) is 4.11. The SMILES string of the molecule is COc1ccc(-c2nc3c4cc(Cl)ccc4nc(Nc4ccccnc4=O)n3n2)cc1. The Morgan fingerprint density at radius 2 is 1.87 bits per heavy atom. The van der Waals surface area contributed by atoms with E-state index in [1.54, 1.807) is 48.0 Å². The van der Waals surface area contributed by atoms with Crippen molar-refractivity contribution in [3.63, 3.8) is 0 Å². The highest BCUT2D eigenvalue weighted by Crippen LogP contribution is 2.27. The van der Waals surface area contributed by atoms with Gasteiger partial charge in [-0.3, -0.25) is 4.79 Å². The largest absolute Gasteiger partial charge is 0.497 e. The van der Waals surface area contributed by atoms with Crippen molar-refractivity contribution in [2.75, 3.05) is 12.4 Å². The first-order valence-corrected chi connectivity index (χ1v) is 9.73. The van der Waals surface area contributed by atoms with Gasteiger partial charge in [0.25, 0.3) is 5.56 Å². The third-order valence-electron chi connectivity index (χ3n) is 4.71. The van der Waals surface area contributed by atoms with Crippen LogP contribution in [-0.4, -0.2) is 31.7 Å². The van der Waals surface area contributed by atoms with Gasteiger partial charge < -0.3 is 10.1 Å². The number of hydrogen-bond acceptors (Lipinski definition) is 7. The van der Waals surface area contributed by atoms with Gasteiger partial charge in [0, 0.05) is 22.2 Å². The van der Waals surface area contributed by atoms with E-state index in [1.165, 1.54) is 6.20 Å². The fourth-order valence-electron chi connectivity index (χ4n) is 3.19. The van der Waals surface area contributed by atoms with Gasteiger partial charge in [0.2, 0.25) is 5.95 Å². The van der Waals surface area contributed by atoms with Gasteiger partial charge in [-0.05, 0) is 54.6 Å². The lowest BCUT2D eigenvalue weighted by Gasteiger charge is -2.07. The lowest BCUT2D eigenvalue weighted by Crippen LogP contribution is -2.11. The first-order chi connectivity index (χ1) is 15.1. The predicted molar refractivity (Wildman–Crippen MR) is 119 cm³/mol. The quantitative estimate of drug-likeness (QED) is 0.458. The number of aromatic nitrogens is 5. The Morgan fingerprint density at radius 1 is 1.03 bits per heavy atom. The molecule has 0 aliphatic heterocycles. The zero-order valence-corrected chi connectivity index (χ0v) is 17.0. The van der Waals surface area contributed by atoms with Gasteiger partial charge in [0.1, 0.15) is 11.4 Å². The topological polar surface area (TPSA) is 94.3 Å². The smallest absolute Gasteiger partial charge is 0.293 e. The van der Waals surface area contributed by atoms with Crippen LogP contribution in [0, 0.1) is 0 Å². The molecule has 0 saturated carbocycles. The van der Waals surface area contributed by atoms with Crippen molar-refractivity contribution in [2.45, 2.75) is 0 Å². The molecule has 0 fully saturated rings.